The summed E-state index contributed by atoms with van der Waals surface area (Å²) in [6.45, 7) is 4.06. The second-order valence-corrected chi connectivity index (χ2v) is 9.62. The Labute approximate surface area is 186 Å². The fraction of sp³-hybridized carbons (Fsp3) is 0.500. The summed E-state index contributed by atoms with van der Waals surface area (Å²) in [5, 5.41) is 1.91. The number of ether oxygens (including phenoxy) is 2. The third kappa shape index (κ3) is 3.90. The molecule has 2 aromatic rings. The van der Waals surface area contributed by atoms with Gasteiger partial charge in [-0.05, 0) is 35.8 Å². The molecule has 1 aromatic carbocycles. The smallest absolute Gasteiger partial charge is 0.264 e. The fourth-order valence-electron chi connectivity index (χ4n) is 5.14. The summed E-state index contributed by atoms with van der Waals surface area (Å²) in [6, 6.07) is 13.9. The summed E-state index contributed by atoms with van der Waals surface area (Å²) in [7, 11) is 0. The second-order valence-electron chi connectivity index (χ2n) is 8.67. The molecule has 2 amide bonds. The van der Waals surface area contributed by atoms with Gasteiger partial charge < -0.3 is 19.3 Å². The normalized spacial score (nSPS) is 27.2. The maximum atomic E-state index is 13.8. The Morgan fingerprint density at radius 3 is 2.65 bits per heavy atom. The number of hydrogen-bond donors (Lipinski definition) is 0. The molecular formula is C24H28N2O4S. The van der Waals surface area contributed by atoms with Crippen molar-refractivity contribution in [3.63, 3.8) is 0 Å². The predicted octanol–water partition coefficient (Wildman–Crippen LogP) is 3.01. The minimum absolute atomic E-state index is 0.0137. The van der Waals surface area contributed by atoms with E-state index < -0.39 is 5.60 Å². The molecule has 3 saturated heterocycles. The lowest BCUT2D eigenvalue weighted by Gasteiger charge is -2.42. The van der Waals surface area contributed by atoms with Gasteiger partial charge in [0.2, 0.25) is 0 Å². The predicted molar refractivity (Wildman–Crippen MR) is 118 cm³/mol. The summed E-state index contributed by atoms with van der Waals surface area (Å²) in [5.74, 6) is 0.369. The summed E-state index contributed by atoms with van der Waals surface area (Å²) in [4.78, 5) is 31.4. The van der Waals surface area contributed by atoms with E-state index in [9.17, 15) is 9.59 Å². The number of morpholine rings is 1. The van der Waals surface area contributed by atoms with Crippen molar-refractivity contribution in [2.75, 3.05) is 46.0 Å². The van der Waals surface area contributed by atoms with E-state index in [1.807, 2.05) is 40.6 Å². The monoisotopic (exact) mass is 440 g/mol. The SMILES string of the molecule is O=C(c1cccs1)N1CCO[C@@]2(C1)C(=O)N(CC1CCOCC1)C[C@H]2c1ccccc1. The van der Waals surface area contributed by atoms with E-state index in [0.717, 1.165) is 38.2 Å². The minimum Gasteiger partial charge on any atom is -0.381 e. The molecule has 6 nitrogen and oxygen atoms in total. The number of carbonyl (C=O) groups is 2. The molecule has 0 aliphatic carbocycles. The highest BCUT2D eigenvalue weighted by molar-refractivity contribution is 7.12. The third-order valence-electron chi connectivity index (χ3n) is 6.80. The van der Waals surface area contributed by atoms with Crippen LogP contribution in [-0.4, -0.2) is 73.2 Å². The first-order valence-corrected chi connectivity index (χ1v) is 11.9. The molecule has 3 aliphatic rings. The van der Waals surface area contributed by atoms with Crippen LogP contribution in [0.4, 0.5) is 0 Å². The number of likely N-dealkylation sites (tertiary alicyclic amines) is 1. The van der Waals surface area contributed by atoms with Crippen molar-refractivity contribution < 1.29 is 19.1 Å². The summed E-state index contributed by atoms with van der Waals surface area (Å²) in [6.07, 6.45) is 1.97. The van der Waals surface area contributed by atoms with Crippen LogP contribution in [0, 0.1) is 5.92 Å². The number of benzene rings is 1. The van der Waals surface area contributed by atoms with Crippen LogP contribution in [0.5, 0.6) is 0 Å². The highest BCUT2D eigenvalue weighted by atomic mass is 32.1. The number of nitrogens with zero attached hydrogens (tertiary/aromatic N) is 2. The van der Waals surface area contributed by atoms with Gasteiger partial charge in [0.05, 0.1) is 18.0 Å². The van der Waals surface area contributed by atoms with Gasteiger partial charge in [-0.2, -0.15) is 0 Å². The molecule has 3 fully saturated rings. The highest BCUT2D eigenvalue weighted by Crippen LogP contribution is 2.43. The van der Waals surface area contributed by atoms with E-state index >= 15 is 0 Å². The van der Waals surface area contributed by atoms with Crippen molar-refractivity contribution in [1.82, 2.24) is 9.80 Å². The molecule has 1 spiro atoms. The van der Waals surface area contributed by atoms with E-state index in [1.165, 1.54) is 11.3 Å². The first kappa shape index (κ1) is 20.7. The molecule has 0 radical (unpaired) electrons. The topological polar surface area (TPSA) is 59.1 Å². The summed E-state index contributed by atoms with van der Waals surface area (Å²) in [5.41, 5.74) is 0.0771. The van der Waals surface area contributed by atoms with E-state index in [0.29, 0.717) is 37.0 Å². The molecule has 0 N–H and O–H groups in total. The van der Waals surface area contributed by atoms with Crippen molar-refractivity contribution in [2.45, 2.75) is 24.4 Å². The number of hydrogen-bond acceptors (Lipinski definition) is 5. The average molecular weight is 441 g/mol. The van der Waals surface area contributed by atoms with Crippen molar-refractivity contribution in [2.24, 2.45) is 5.92 Å². The molecule has 0 unspecified atom stereocenters. The van der Waals surface area contributed by atoms with Gasteiger partial charge in [-0.25, -0.2) is 0 Å². The Morgan fingerprint density at radius 1 is 1.10 bits per heavy atom. The molecule has 4 heterocycles. The van der Waals surface area contributed by atoms with Crippen LogP contribution in [0.3, 0.4) is 0 Å². The molecule has 1 aromatic heterocycles. The Morgan fingerprint density at radius 2 is 1.90 bits per heavy atom. The number of amides is 2. The molecule has 31 heavy (non-hydrogen) atoms. The van der Waals surface area contributed by atoms with Crippen LogP contribution in [-0.2, 0) is 14.3 Å². The van der Waals surface area contributed by atoms with Gasteiger partial charge in [-0.3, -0.25) is 9.59 Å². The van der Waals surface area contributed by atoms with Crippen molar-refractivity contribution in [3.8, 4) is 0 Å². The third-order valence-corrected chi connectivity index (χ3v) is 7.66. The molecule has 164 valence electrons. The minimum atomic E-state index is -1.02. The highest BCUT2D eigenvalue weighted by Gasteiger charge is 2.58. The van der Waals surface area contributed by atoms with Crippen LogP contribution in [0.2, 0.25) is 0 Å². The van der Waals surface area contributed by atoms with Gasteiger partial charge in [0.15, 0.2) is 5.60 Å². The second kappa shape index (κ2) is 8.73. The Balaban J connectivity index is 1.44. The zero-order chi connectivity index (χ0) is 21.3. The lowest BCUT2D eigenvalue weighted by molar-refractivity contribution is -0.160. The van der Waals surface area contributed by atoms with E-state index in [4.69, 9.17) is 9.47 Å². The Kier molecular flexibility index (Phi) is 5.82. The molecule has 0 bridgehead atoms. The maximum absolute atomic E-state index is 13.8. The number of carbonyl (C=O) groups excluding carboxylic acids is 2. The van der Waals surface area contributed by atoms with Crippen LogP contribution >= 0.6 is 11.3 Å². The van der Waals surface area contributed by atoms with Gasteiger partial charge in [0.1, 0.15) is 0 Å². The first-order valence-electron chi connectivity index (χ1n) is 11.1. The zero-order valence-electron chi connectivity index (χ0n) is 17.6. The summed E-state index contributed by atoms with van der Waals surface area (Å²) < 4.78 is 11.8. The van der Waals surface area contributed by atoms with E-state index in [-0.39, 0.29) is 17.7 Å². The zero-order valence-corrected chi connectivity index (χ0v) is 18.4. The van der Waals surface area contributed by atoms with Gasteiger partial charge in [-0.1, -0.05) is 36.4 Å². The van der Waals surface area contributed by atoms with Gasteiger partial charge in [-0.15, -0.1) is 11.3 Å². The number of rotatable bonds is 4. The largest absolute Gasteiger partial charge is 0.381 e. The van der Waals surface area contributed by atoms with E-state index in [1.54, 1.807) is 4.90 Å². The fourth-order valence-corrected chi connectivity index (χ4v) is 5.83. The summed E-state index contributed by atoms with van der Waals surface area (Å²) >= 11 is 1.44. The standard InChI is InChI=1S/C24H28N2O4S/c27-22(21-7-4-14-31-21)25-10-13-30-24(17-25)20(19-5-2-1-3-6-19)16-26(23(24)28)15-18-8-11-29-12-9-18/h1-7,14,18,20H,8-13,15-17H2/t20-,24+/m0/s1. The lowest BCUT2D eigenvalue weighted by atomic mass is 9.83. The van der Waals surface area contributed by atoms with Crippen LogP contribution in [0.25, 0.3) is 0 Å². The Hall–Kier alpha value is -2.22. The molecule has 3 aliphatic heterocycles. The van der Waals surface area contributed by atoms with Crippen LogP contribution in [0.15, 0.2) is 47.8 Å². The van der Waals surface area contributed by atoms with Gasteiger partial charge >= 0.3 is 0 Å². The maximum Gasteiger partial charge on any atom is 0.264 e. The molecule has 0 saturated carbocycles. The lowest BCUT2D eigenvalue weighted by Crippen LogP contribution is -2.59. The molecule has 2 atom stereocenters. The molecule has 7 heteroatoms. The van der Waals surface area contributed by atoms with Crippen molar-refractivity contribution in [3.05, 3.63) is 58.3 Å². The average Bonchev–Trinajstić information content (AvgIpc) is 3.44. The van der Waals surface area contributed by atoms with Gasteiger partial charge in [0.25, 0.3) is 11.8 Å². The van der Waals surface area contributed by atoms with Crippen molar-refractivity contribution >= 4 is 23.2 Å². The van der Waals surface area contributed by atoms with Crippen LogP contribution < -0.4 is 0 Å². The first-order chi connectivity index (χ1) is 15.2. The molecular weight excluding hydrogens is 412 g/mol. The molecule has 5 rings (SSSR count). The quantitative estimate of drug-likeness (QED) is 0.733. The van der Waals surface area contributed by atoms with Crippen molar-refractivity contribution in [1.29, 1.82) is 0 Å². The Bertz CT molecular complexity index is 913. The van der Waals surface area contributed by atoms with Crippen LogP contribution in [0.1, 0.15) is 34.0 Å². The van der Waals surface area contributed by atoms with E-state index in [2.05, 4.69) is 12.1 Å². The number of thiophene rings is 1. The van der Waals surface area contributed by atoms with Gasteiger partial charge in [0, 0.05) is 38.8 Å².